The van der Waals surface area contributed by atoms with E-state index in [9.17, 15) is 5.11 Å². The molecule has 1 N–H and O–H groups in total. The van der Waals surface area contributed by atoms with Crippen molar-refractivity contribution in [2.45, 2.75) is 6.92 Å². The van der Waals surface area contributed by atoms with Gasteiger partial charge in [0.1, 0.15) is 11.3 Å². The lowest BCUT2D eigenvalue weighted by Crippen LogP contribution is -1.86. The molecule has 0 aliphatic rings. The fourth-order valence-electron chi connectivity index (χ4n) is 1.12. The van der Waals surface area contributed by atoms with Crippen LogP contribution in [0.5, 0.6) is 5.75 Å². The van der Waals surface area contributed by atoms with Crippen molar-refractivity contribution < 1.29 is 5.11 Å². The Morgan fingerprint density at radius 2 is 2.17 bits per heavy atom. The molecule has 0 bridgehead atoms. The molecule has 2 rings (SSSR count). The third kappa shape index (κ3) is 0.993. The Kier molecular flexibility index (Phi) is 1.43. The van der Waals surface area contributed by atoms with E-state index in [0.717, 1.165) is 11.2 Å². The monoisotopic (exact) mass is 160 g/mol. The number of phenolic OH excluding ortho intramolecular Hbond substituents is 1. The zero-order valence-corrected chi connectivity index (χ0v) is 6.65. The summed E-state index contributed by atoms with van der Waals surface area (Å²) in [7, 11) is 0. The molecular weight excluding hydrogens is 152 g/mol. The maximum absolute atomic E-state index is 9.36. The van der Waals surface area contributed by atoms with E-state index in [-0.39, 0.29) is 5.75 Å². The van der Waals surface area contributed by atoms with Crippen LogP contribution in [0.2, 0.25) is 0 Å². The minimum absolute atomic E-state index is 0.181. The lowest BCUT2D eigenvalue weighted by Gasteiger charge is -1.98. The van der Waals surface area contributed by atoms with E-state index in [2.05, 4.69) is 9.97 Å². The molecule has 0 atom stereocenters. The van der Waals surface area contributed by atoms with Crippen molar-refractivity contribution in [3.8, 4) is 5.75 Å². The van der Waals surface area contributed by atoms with Crippen molar-refractivity contribution >= 4 is 11.0 Å². The molecule has 0 aliphatic carbocycles. The lowest BCUT2D eigenvalue weighted by molar-refractivity contribution is 0.480. The molecule has 1 aromatic heterocycles. The second-order valence-corrected chi connectivity index (χ2v) is 2.66. The topological polar surface area (TPSA) is 46.0 Å². The summed E-state index contributed by atoms with van der Waals surface area (Å²) in [5, 5.41) is 9.36. The number of fused-ring (bicyclic) bond motifs is 1. The fraction of sp³-hybridized carbons (Fsp3) is 0.111. The van der Waals surface area contributed by atoms with Crippen LogP contribution < -0.4 is 0 Å². The number of aromatic hydroxyl groups is 1. The normalized spacial score (nSPS) is 10.4. The van der Waals surface area contributed by atoms with E-state index >= 15 is 0 Å². The first-order valence-electron chi connectivity index (χ1n) is 3.69. The number of aromatic nitrogens is 2. The Hall–Kier alpha value is -1.64. The van der Waals surface area contributed by atoms with Crippen LogP contribution in [-0.4, -0.2) is 15.1 Å². The number of aryl methyl sites for hydroxylation is 1. The van der Waals surface area contributed by atoms with Crippen LogP contribution in [0.4, 0.5) is 0 Å². The van der Waals surface area contributed by atoms with E-state index in [0.29, 0.717) is 5.52 Å². The average molecular weight is 160 g/mol. The van der Waals surface area contributed by atoms with Crippen LogP contribution in [0.1, 0.15) is 5.69 Å². The standard InChI is InChI=1S/C9H8N2O/c1-6-5-10-9-7(11-6)3-2-4-8(9)12/h2-5,12H,1H3. The molecule has 12 heavy (non-hydrogen) atoms. The van der Waals surface area contributed by atoms with Crippen molar-refractivity contribution in [3.05, 3.63) is 30.1 Å². The van der Waals surface area contributed by atoms with Gasteiger partial charge in [-0.05, 0) is 19.1 Å². The van der Waals surface area contributed by atoms with Gasteiger partial charge in [0.25, 0.3) is 0 Å². The number of para-hydroxylation sites is 1. The van der Waals surface area contributed by atoms with E-state index in [4.69, 9.17) is 0 Å². The van der Waals surface area contributed by atoms with Crippen LogP contribution in [0.3, 0.4) is 0 Å². The molecule has 0 fully saturated rings. The van der Waals surface area contributed by atoms with Gasteiger partial charge in [0.15, 0.2) is 0 Å². The molecule has 0 spiro atoms. The summed E-state index contributed by atoms with van der Waals surface area (Å²) in [6.45, 7) is 1.87. The Balaban J connectivity index is 2.86. The maximum atomic E-state index is 9.36. The number of hydrogen-bond donors (Lipinski definition) is 1. The molecule has 0 saturated carbocycles. The van der Waals surface area contributed by atoms with Gasteiger partial charge < -0.3 is 5.11 Å². The molecule has 0 unspecified atom stereocenters. The zero-order valence-electron chi connectivity index (χ0n) is 6.65. The van der Waals surface area contributed by atoms with E-state index in [1.165, 1.54) is 0 Å². The van der Waals surface area contributed by atoms with Crippen molar-refractivity contribution in [3.63, 3.8) is 0 Å². The van der Waals surface area contributed by atoms with E-state index < -0.39 is 0 Å². The zero-order chi connectivity index (χ0) is 8.55. The molecule has 0 saturated heterocycles. The third-order valence-electron chi connectivity index (χ3n) is 1.67. The first-order chi connectivity index (χ1) is 5.77. The van der Waals surface area contributed by atoms with Crippen molar-refractivity contribution in [1.29, 1.82) is 0 Å². The second-order valence-electron chi connectivity index (χ2n) is 2.66. The lowest BCUT2D eigenvalue weighted by atomic mass is 10.3. The maximum Gasteiger partial charge on any atom is 0.143 e. The van der Waals surface area contributed by atoms with Gasteiger partial charge in [0.2, 0.25) is 0 Å². The van der Waals surface area contributed by atoms with Gasteiger partial charge in [0, 0.05) is 6.20 Å². The molecule has 0 aliphatic heterocycles. The Morgan fingerprint density at radius 3 is 3.00 bits per heavy atom. The summed E-state index contributed by atoms with van der Waals surface area (Å²) in [6, 6.07) is 5.19. The highest BCUT2D eigenvalue weighted by atomic mass is 16.3. The molecule has 1 aromatic carbocycles. The quantitative estimate of drug-likeness (QED) is 0.637. The van der Waals surface area contributed by atoms with Gasteiger partial charge in [-0.1, -0.05) is 6.07 Å². The predicted molar refractivity (Wildman–Crippen MR) is 45.9 cm³/mol. The molecule has 2 aromatic rings. The number of phenols is 1. The van der Waals surface area contributed by atoms with Crippen LogP contribution in [-0.2, 0) is 0 Å². The highest BCUT2D eigenvalue weighted by Crippen LogP contribution is 2.19. The molecule has 60 valence electrons. The second kappa shape index (κ2) is 2.44. The first kappa shape index (κ1) is 7.03. The summed E-state index contributed by atoms with van der Waals surface area (Å²) in [5.74, 6) is 0.181. The molecular formula is C9H8N2O. The Bertz CT molecular complexity index is 426. The predicted octanol–water partition coefficient (Wildman–Crippen LogP) is 1.64. The van der Waals surface area contributed by atoms with Crippen molar-refractivity contribution in [2.24, 2.45) is 0 Å². The van der Waals surface area contributed by atoms with Gasteiger partial charge in [-0.15, -0.1) is 0 Å². The fourth-order valence-corrected chi connectivity index (χ4v) is 1.12. The van der Waals surface area contributed by atoms with Crippen molar-refractivity contribution in [1.82, 2.24) is 9.97 Å². The summed E-state index contributed by atoms with van der Waals surface area (Å²) in [6.07, 6.45) is 1.64. The number of hydrogen-bond acceptors (Lipinski definition) is 3. The largest absolute Gasteiger partial charge is 0.506 e. The van der Waals surface area contributed by atoms with E-state index in [1.54, 1.807) is 18.3 Å². The average Bonchev–Trinajstić information content (AvgIpc) is 2.04. The summed E-state index contributed by atoms with van der Waals surface area (Å²) in [5.41, 5.74) is 2.14. The minimum Gasteiger partial charge on any atom is -0.506 e. The summed E-state index contributed by atoms with van der Waals surface area (Å²) >= 11 is 0. The highest BCUT2D eigenvalue weighted by molar-refractivity contribution is 5.80. The van der Waals surface area contributed by atoms with Crippen LogP contribution >= 0.6 is 0 Å². The number of rotatable bonds is 0. The number of benzene rings is 1. The summed E-state index contributed by atoms with van der Waals surface area (Å²) in [4.78, 5) is 8.28. The Labute approximate surface area is 69.7 Å². The number of nitrogens with zero attached hydrogens (tertiary/aromatic N) is 2. The van der Waals surface area contributed by atoms with Crippen LogP contribution in [0.15, 0.2) is 24.4 Å². The first-order valence-corrected chi connectivity index (χ1v) is 3.69. The smallest absolute Gasteiger partial charge is 0.143 e. The van der Waals surface area contributed by atoms with Gasteiger partial charge >= 0.3 is 0 Å². The van der Waals surface area contributed by atoms with E-state index in [1.807, 2.05) is 13.0 Å². The molecule has 3 heteroatoms. The van der Waals surface area contributed by atoms with Gasteiger partial charge in [0.05, 0.1) is 11.2 Å². The van der Waals surface area contributed by atoms with Crippen molar-refractivity contribution in [2.75, 3.05) is 0 Å². The van der Waals surface area contributed by atoms with Crippen LogP contribution in [0.25, 0.3) is 11.0 Å². The summed E-state index contributed by atoms with van der Waals surface area (Å²) < 4.78 is 0. The van der Waals surface area contributed by atoms with Gasteiger partial charge in [-0.3, -0.25) is 0 Å². The van der Waals surface area contributed by atoms with Gasteiger partial charge in [-0.2, -0.15) is 0 Å². The molecule has 0 amide bonds. The third-order valence-corrected chi connectivity index (χ3v) is 1.67. The van der Waals surface area contributed by atoms with Gasteiger partial charge in [-0.25, -0.2) is 9.97 Å². The minimum atomic E-state index is 0.181. The molecule has 1 heterocycles. The molecule has 0 radical (unpaired) electrons. The molecule has 3 nitrogen and oxygen atoms in total. The highest BCUT2D eigenvalue weighted by Gasteiger charge is 2.00. The Morgan fingerprint density at radius 1 is 1.33 bits per heavy atom. The van der Waals surface area contributed by atoms with Crippen LogP contribution in [0, 0.1) is 6.92 Å². The SMILES string of the molecule is Cc1cnc2c(O)cccc2n1.